The van der Waals surface area contributed by atoms with E-state index in [2.05, 4.69) is 10.3 Å². The average molecular weight is 306 g/mol. The zero-order chi connectivity index (χ0) is 16.1. The Morgan fingerprint density at radius 2 is 2.00 bits per heavy atom. The third-order valence-corrected chi connectivity index (χ3v) is 3.81. The van der Waals surface area contributed by atoms with Crippen LogP contribution in [0.5, 0.6) is 5.88 Å². The fourth-order valence-electron chi connectivity index (χ4n) is 2.50. The van der Waals surface area contributed by atoms with Crippen molar-refractivity contribution >= 4 is 11.9 Å². The van der Waals surface area contributed by atoms with Crippen LogP contribution in [0.3, 0.4) is 0 Å². The summed E-state index contributed by atoms with van der Waals surface area (Å²) in [4.78, 5) is 27.3. The smallest absolute Gasteiger partial charge is 0.326 e. The minimum Gasteiger partial charge on any atom is -0.480 e. The van der Waals surface area contributed by atoms with Crippen LogP contribution in [0.4, 0.5) is 0 Å². The molecular formula is C16H22N2O4. The fourth-order valence-corrected chi connectivity index (χ4v) is 2.50. The van der Waals surface area contributed by atoms with E-state index in [1.807, 2.05) is 0 Å². The highest BCUT2D eigenvalue weighted by molar-refractivity contribution is 5.96. The van der Waals surface area contributed by atoms with Crippen molar-refractivity contribution in [3.05, 3.63) is 23.9 Å². The third kappa shape index (κ3) is 4.19. The van der Waals surface area contributed by atoms with Crippen LogP contribution in [0.2, 0.25) is 0 Å². The molecule has 0 saturated heterocycles. The molecule has 1 heterocycles. The number of hydrogen-bond acceptors (Lipinski definition) is 4. The van der Waals surface area contributed by atoms with Gasteiger partial charge in [-0.25, -0.2) is 9.78 Å². The van der Waals surface area contributed by atoms with E-state index in [4.69, 9.17) is 9.84 Å². The number of aliphatic carboxylic acids is 1. The third-order valence-electron chi connectivity index (χ3n) is 3.81. The summed E-state index contributed by atoms with van der Waals surface area (Å²) in [6.45, 7) is 3.49. The lowest BCUT2D eigenvalue weighted by atomic mass is 10.0. The molecule has 2 N–H and O–H groups in total. The molecule has 1 amide bonds. The molecule has 6 heteroatoms. The van der Waals surface area contributed by atoms with Gasteiger partial charge in [0.1, 0.15) is 12.1 Å². The highest BCUT2D eigenvalue weighted by Gasteiger charge is 2.24. The van der Waals surface area contributed by atoms with Crippen molar-refractivity contribution in [2.75, 3.05) is 0 Å². The molecule has 0 spiro atoms. The SMILES string of the molecule is CC(C)C(NC(=O)c1ccc(OC2CCCC2)nc1)C(=O)O. The van der Waals surface area contributed by atoms with E-state index in [-0.39, 0.29) is 12.0 Å². The summed E-state index contributed by atoms with van der Waals surface area (Å²) >= 11 is 0. The highest BCUT2D eigenvalue weighted by atomic mass is 16.5. The Labute approximate surface area is 129 Å². The Morgan fingerprint density at radius 1 is 1.32 bits per heavy atom. The zero-order valence-corrected chi connectivity index (χ0v) is 12.9. The molecular weight excluding hydrogens is 284 g/mol. The van der Waals surface area contributed by atoms with E-state index in [0.29, 0.717) is 11.4 Å². The van der Waals surface area contributed by atoms with Gasteiger partial charge in [0.2, 0.25) is 5.88 Å². The molecule has 1 aliphatic carbocycles. The first-order chi connectivity index (χ1) is 10.5. The van der Waals surface area contributed by atoms with Crippen molar-refractivity contribution in [3.63, 3.8) is 0 Å². The molecule has 1 aromatic rings. The fraction of sp³-hybridized carbons (Fsp3) is 0.562. The normalized spacial score (nSPS) is 16.5. The molecule has 0 bridgehead atoms. The van der Waals surface area contributed by atoms with Gasteiger partial charge in [0.05, 0.1) is 5.56 Å². The van der Waals surface area contributed by atoms with E-state index in [1.165, 1.54) is 19.0 Å². The van der Waals surface area contributed by atoms with Crippen LogP contribution in [0.25, 0.3) is 0 Å². The largest absolute Gasteiger partial charge is 0.480 e. The minimum atomic E-state index is -1.04. The molecule has 0 aromatic carbocycles. The minimum absolute atomic E-state index is 0.195. The van der Waals surface area contributed by atoms with Crippen molar-refractivity contribution in [1.82, 2.24) is 10.3 Å². The van der Waals surface area contributed by atoms with E-state index in [0.717, 1.165) is 12.8 Å². The quantitative estimate of drug-likeness (QED) is 0.841. The van der Waals surface area contributed by atoms with Crippen molar-refractivity contribution in [1.29, 1.82) is 0 Å². The van der Waals surface area contributed by atoms with Crippen LogP contribution in [0.1, 0.15) is 49.9 Å². The second-order valence-corrected chi connectivity index (χ2v) is 5.94. The molecule has 1 fully saturated rings. The van der Waals surface area contributed by atoms with Gasteiger partial charge in [0.25, 0.3) is 5.91 Å². The lowest BCUT2D eigenvalue weighted by Gasteiger charge is -2.18. The number of carboxylic acids is 1. The number of nitrogens with zero attached hydrogens (tertiary/aromatic N) is 1. The molecule has 1 atom stereocenters. The van der Waals surface area contributed by atoms with Crippen molar-refractivity contribution in [3.8, 4) is 5.88 Å². The first kappa shape index (κ1) is 16.3. The summed E-state index contributed by atoms with van der Waals surface area (Å²) in [5, 5.41) is 11.6. The van der Waals surface area contributed by atoms with Crippen LogP contribution < -0.4 is 10.1 Å². The first-order valence-electron chi connectivity index (χ1n) is 7.63. The number of carboxylic acid groups (broad SMARTS) is 1. The molecule has 0 radical (unpaired) electrons. The molecule has 6 nitrogen and oxygen atoms in total. The van der Waals surface area contributed by atoms with Gasteiger partial charge in [-0.05, 0) is 37.7 Å². The Bertz CT molecular complexity index is 521. The summed E-state index contributed by atoms with van der Waals surface area (Å²) < 4.78 is 5.73. The molecule has 22 heavy (non-hydrogen) atoms. The van der Waals surface area contributed by atoms with Gasteiger partial charge in [-0.1, -0.05) is 13.8 Å². The van der Waals surface area contributed by atoms with Gasteiger partial charge < -0.3 is 15.2 Å². The van der Waals surface area contributed by atoms with Crippen LogP contribution in [-0.2, 0) is 4.79 Å². The molecule has 1 unspecified atom stereocenters. The Balaban J connectivity index is 1.96. The van der Waals surface area contributed by atoms with Gasteiger partial charge in [-0.3, -0.25) is 4.79 Å². The number of amides is 1. The monoisotopic (exact) mass is 306 g/mol. The van der Waals surface area contributed by atoms with Crippen LogP contribution in [-0.4, -0.2) is 34.1 Å². The Hall–Kier alpha value is -2.11. The number of aromatic nitrogens is 1. The maximum atomic E-state index is 12.1. The Kier molecular flexibility index (Phi) is 5.35. The van der Waals surface area contributed by atoms with Gasteiger partial charge >= 0.3 is 5.97 Å². The lowest BCUT2D eigenvalue weighted by Crippen LogP contribution is -2.44. The topological polar surface area (TPSA) is 88.5 Å². The van der Waals surface area contributed by atoms with E-state index < -0.39 is 17.9 Å². The molecule has 2 rings (SSSR count). The van der Waals surface area contributed by atoms with E-state index in [9.17, 15) is 9.59 Å². The highest BCUT2D eigenvalue weighted by Crippen LogP contribution is 2.22. The number of nitrogens with one attached hydrogen (secondary N) is 1. The molecule has 1 saturated carbocycles. The summed E-state index contributed by atoms with van der Waals surface area (Å²) in [6.07, 6.45) is 6.06. The van der Waals surface area contributed by atoms with E-state index in [1.54, 1.807) is 26.0 Å². The molecule has 1 aliphatic rings. The summed E-state index contributed by atoms with van der Waals surface area (Å²) in [6, 6.07) is 2.34. The number of ether oxygens (including phenoxy) is 1. The molecule has 0 aliphatic heterocycles. The lowest BCUT2D eigenvalue weighted by molar-refractivity contribution is -0.140. The summed E-state index contributed by atoms with van der Waals surface area (Å²) in [5.41, 5.74) is 0.325. The summed E-state index contributed by atoms with van der Waals surface area (Å²) in [5.74, 6) is -1.18. The maximum absolute atomic E-state index is 12.1. The zero-order valence-electron chi connectivity index (χ0n) is 12.9. The predicted molar refractivity (Wildman–Crippen MR) is 80.8 cm³/mol. The van der Waals surface area contributed by atoms with Crippen LogP contribution >= 0.6 is 0 Å². The van der Waals surface area contributed by atoms with Crippen LogP contribution in [0.15, 0.2) is 18.3 Å². The van der Waals surface area contributed by atoms with Gasteiger partial charge in [-0.15, -0.1) is 0 Å². The molecule has 120 valence electrons. The average Bonchev–Trinajstić information content (AvgIpc) is 2.97. The predicted octanol–water partition coefficient (Wildman–Crippen LogP) is 2.24. The Morgan fingerprint density at radius 3 is 2.50 bits per heavy atom. The van der Waals surface area contributed by atoms with Gasteiger partial charge in [0, 0.05) is 12.3 Å². The van der Waals surface area contributed by atoms with Gasteiger partial charge in [-0.2, -0.15) is 0 Å². The number of carbonyl (C=O) groups is 2. The van der Waals surface area contributed by atoms with Crippen molar-refractivity contribution in [2.24, 2.45) is 5.92 Å². The number of rotatable bonds is 6. The molecule has 1 aromatic heterocycles. The second-order valence-electron chi connectivity index (χ2n) is 5.94. The second kappa shape index (κ2) is 7.24. The van der Waals surface area contributed by atoms with Crippen LogP contribution in [0, 0.1) is 5.92 Å². The number of carbonyl (C=O) groups excluding carboxylic acids is 1. The van der Waals surface area contributed by atoms with Gasteiger partial charge in [0.15, 0.2) is 0 Å². The number of pyridine rings is 1. The standard InChI is InChI=1S/C16H22N2O4/c1-10(2)14(16(20)21)18-15(19)11-7-8-13(17-9-11)22-12-5-3-4-6-12/h7-10,12,14H,3-6H2,1-2H3,(H,18,19)(H,20,21). The van der Waals surface area contributed by atoms with Crippen molar-refractivity contribution in [2.45, 2.75) is 51.7 Å². The van der Waals surface area contributed by atoms with Crippen molar-refractivity contribution < 1.29 is 19.4 Å². The maximum Gasteiger partial charge on any atom is 0.326 e. The summed E-state index contributed by atoms with van der Waals surface area (Å²) in [7, 11) is 0. The number of hydrogen-bond donors (Lipinski definition) is 2. The van der Waals surface area contributed by atoms with E-state index >= 15 is 0 Å². The first-order valence-corrected chi connectivity index (χ1v) is 7.63.